The van der Waals surface area contributed by atoms with E-state index in [-0.39, 0.29) is 11.9 Å². The number of hydrogen-bond acceptors (Lipinski definition) is 4. The Bertz CT molecular complexity index is 789. The van der Waals surface area contributed by atoms with E-state index in [0.717, 1.165) is 4.96 Å². The Morgan fingerprint density at radius 1 is 1.62 bits per heavy atom. The monoisotopic (exact) mass is 321 g/mol. The average Bonchev–Trinajstić information content (AvgIpc) is 3.13. The lowest BCUT2D eigenvalue weighted by Gasteiger charge is -2.08. The molecule has 8 heteroatoms. The van der Waals surface area contributed by atoms with Gasteiger partial charge in [0.05, 0.1) is 11.7 Å². The first kappa shape index (κ1) is 13.8. The summed E-state index contributed by atoms with van der Waals surface area (Å²) in [4.78, 5) is 24.0. The number of halogens is 1. The first-order valence-corrected chi connectivity index (χ1v) is 7.50. The van der Waals surface area contributed by atoms with Crippen LogP contribution in [0.2, 0.25) is 5.15 Å². The summed E-state index contributed by atoms with van der Waals surface area (Å²) >= 11 is 7.54. The molecule has 3 rings (SSSR count). The Hall–Kier alpha value is -2.12. The predicted molar refractivity (Wildman–Crippen MR) is 82.3 cm³/mol. The molecule has 1 amide bonds. The van der Waals surface area contributed by atoms with E-state index in [4.69, 9.17) is 11.6 Å². The molecule has 0 aliphatic carbocycles. The van der Waals surface area contributed by atoms with Crippen molar-refractivity contribution in [3.05, 3.63) is 46.7 Å². The smallest absolute Gasteiger partial charge is 0.244 e. The van der Waals surface area contributed by atoms with Gasteiger partial charge in [0.15, 0.2) is 10.1 Å². The highest BCUT2D eigenvalue weighted by Gasteiger charge is 2.11. The lowest BCUT2D eigenvalue weighted by molar-refractivity contribution is -0.117. The molecule has 0 radical (unpaired) electrons. The van der Waals surface area contributed by atoms with Crippen LogP contribution in [0.3, 0.4) is 0 Å². The third-order valence-electron chi connectivity index (χ3n) is 2.94. The van der Waals surface area contributed by atoms with Gasteiger partial charge in [-0.25, -0.2) is 9.97 Å². The number of amides is 1. The minimum atomic E-state index is -0.222. The Labute approximate surface area is 129 Å². The standard InChI is InChI=1S/C13H12ClN5OS/c1-8(12-15-4-5-16-12)17-10(20)3-2-9-11(14)18-13-19(9)6-7-21-13/h2-8H,1H3,(H,15,16)(H,17,20)/b3-2+. The minimum absolute atomic E-state index is 0.195. The SMILES string of the molecule is CC(NC(=O)/C=C/c1c(Cl)nc2sccn12)c1ncc[nH]1. The number of rotatable bonds is 4. The van der Waals surface area contributed by atoms with Crippen LogP contribution in [0.5, 0.6) is 0 Å². The first-order chi connectivity index (χ1) is 10.1. The number of thiazole rings is 1. The molecule has 3 heterocycles. The Balaban J connectivity index is 1.72. The highest BCUT2D eigenvalue weighted by molar-refractivity contribution is 7.15. The van der Waals surface area contributed by atoms with Crippen LogP contribution in [0, 0.1) is 0 Å². The van der Waals surface area contributed by atoms with Gasteiger partial charge in [0.1, 0.15) is 5.82 Å². The summed E-state index contributed by atoms with van der Waals surface area (Å²) in [6.45, 7) is 1.85. The van der Waals surface area contributed by atoms with E-state index in [0.29, 0.717) is 16.7 Å². The van der Waals surface area contributed by atoms with Crippen molar-refractivity contribution >= 4 is 39.9 Å². The second kappa shape index (κ2) is 5.71. The number of hydrogen-bond donors (Lipinski definition) is 2. The summed E-state index contributed by atoms with van der Waals surface area (Å²) in [5.41, 5.74) is 0.689. The molecule has 3 aromatic rings. The highest BCUT2D eigenvalue weighted by atomic mass is 35.5. The second-order valence-corrected chi connectivity index (χ2v) is 5.61. The fraction of sp³-hybridized carbons (Fsp3) is 0.154. The number of H-pyrrole nitrogens is 1. The maximum absolute atomic E-state index is 11.9. The van der Waals surface area contributed by atoms with Gasteiger partial charge in [-0.2, -0.15) is 0 Å². The molecule has 0 aromatic carbocycles. The fourth-order valence-electron chi connectivity index (χ4n) is 1.92. The van der Waals surface area contributed by atoms with E-state index in [1.165, 1.54) is 17.4 Å². The molecule has 3 aromatic heterocycles. The third kappa shape index (κ3) is 2.84. The van der Waals surface area contributed by atoms with Crippen molar-refractivity contribution in [1.82, 2.24) is 24.7 Å². The molecule has 0 saturated carbocycles. The second-order valence-electron chi connectivity index (χ2n) is 4.38. The van der Waals surface area contributed by atoms with Gasteiger partial charge in [0.25, 0.3) is 0 Å². The van der Waals surface area contributed by atoms with Crippen molar-refractivity contribution in [2.45, 2.75) is 13.0 Å². The van der Waals surface area contributed by atoms with Gasteiger partial charge < -0.3 is 10.3 Å². The number of fused-ring (bicyclic) bond motifs is 1. The van der Waals surface area contributed by atoms with E-state index in [2.05, 4.69) is 20.3 Å². The van der Waals surface area contributed by atoms with Crippen LogP contribution >= 0.6 is 22.9 Å². The normalized spacial score (nSPS) is 13.0. The van der Waals surface area contributed by atoms with Gasteiger partial charge in [0.2, 0.25) is 5.91 Å². The Morgan fingerprint density at radius 2 is 2.48 bits per heavy atom. The van der Waals surface area contributed by atoms with E-state index in [9.17, 15) is 4.79 Å². The molecular formula is C13H12ClN5OS. The third-order valence-corrected chi connectivity index (χ3v) is 3.97. The topological polar surface area (TPSA) is 75.1 Å². The molecule has 1 atom stereocenters. The number of aromatic nitrogens is 4. The molecule has 0 bridgehead atoms. The Kier molecular flexibility index (Phi) is 3.76. The largest absolute Gasteiger partial charge is 0.347 e. The molecule has 1 unspecified atom stereocenters. The molecule has 0 spiro atoms. The summed E-state index contributed by atoms with van der Waals surface area (Å²) in [6, 6.07) is -0.195. The Morgan fingerprint density at radius 3 is 3.24 bits per heavy atom. The number of carbonyl (C=O) groups is 1. The molecule has 0 saturated heterocycles. The zero-order valence-electron chi connectivity index (χ0n) is 11.1. The summed E-state index contributed by atoms with van der Waals surface area (Å²) in [7, 11) is 0. The van der Waals surface area contributed by atoms with Gasteiger partial charge in [-0.05, 0) is 13.0 Å². The van der Waals surface area contributed by atoms with E-state index in [1.54, 1.807) is 18.5 Å². The van der Waals surface area contributed by atoms with Crippen molar-refractivity contribution in [2.24, 2.45) is 0 Å². The van der Waals surface area contributed by atoms with Crippen LogP contribution in [0.25, 0.3) is 11.0 Å². The van der Waals surface area contributed by atoms with E-state index >= 15 is 0 Å². The summed E-state index contributed by atoms with van der Waals surface area (Å²) in [5.74, 6) is 0.486. The molecular weight excluding hydrogens is 310 g/mol. The van der Waals surface area contributed by atoms with Crippen LogP contribution < -0.4 is 5.32 Å². The molecule has 0 fully saturated rings. The van der Waals surface area contributed by atoms with Gasteiger partial charge in [-0.1, -0.05) is 11.6 Å². The molecule has 0 aliphatic rings. The van der Waals surface area contributed by atoms with Gasteiger partial charge in [-0.3, -0.25) is 9.20 Å². The number of imidazole rings is 2. The zero-order chi connectivity index (χ0) is 14.8. The molecule has 6 nitrogen and oxygen atoms in total. The van der Waals surface area contributed by atoms with Crippen molar-refractivity contribution in [1.29, 1.82) is 0 Å². The maximum Gasteiger partial charge on any atom is 0.244 e. The summed E-state index contributed by atoms with van der Waals surface area (Å²) in [6.07, 6.45) is 8.31. The molecule has 108 valence electrons. The van der Waals surface area contributed by atoms with E-state index < -0.39 is 0 Å². The zero-order valence-corrected chi connectivity index (χ0v) is 12.6. The van der Waals surface area contributed by atoms with Gasteiger partial charge >= 0.3 is 0 Å². The maximum atomic E-state index is 11.9. The van der Waals surface area contributed by atoms with Crippen molar-refractivity contribution in [3.63, 3.8) is 0 Å². The number of nitrogens with one attached hydrogen (secondary N) is 2. The number of aromatic amines is 1. The first-order valence-electron chi connectivity index (χ1n) is 6.24. The van der Waals surface area contributed by atoms with Crippen LogP contribution in [-0.4, -0.2) is 25.3 Å². The van der Waals surface area contributed by atoms with Crippen molar-refractivity contribution < 1.29 is 4.79 Å². The van der Waals surface area contributed by atoms with Gasteiger partial charge in [0, 0.05) is 30.0 Å². The summed E-state index contributed by atoms with van der Waals surface area (Å²) in [5, 5.41) is 5.11. The van der Waals surface area contributed by atoms with E-state index in [1.807, 2.05) is 22.9 Å². The number of carbonyl (C=O) groups excluding carboxylic acids is 1. The molecule has 21 heavy (non-hydrogen) atoms. The lowest BCUT2D eigenvalue weighted by atomic mass is 10.3. The fourth-order valence-corrected chi connectivity index (χ4v) is 2.93. The lowest BCUT2D eigenvalue weighted by Crippen LogP contribution is -2.25. The van der Waals surface area contributed by atoms with Crippen LogP contribution in [0.4, 0.5) is 0 Å². The van der Waals surface area contributed by atoms with Crippen LogP contribution in [0.1, 0.15) is 24.5 Å². The summed E-state index contributed by atoms with van der Waals surface area (Å²) < 4.78 is 1.84. The van der Waals surface area contributed by atoms with Crippen molar-refractivity contribution in [3.8, 4) is 0 Å². The molecule has 2 N–H and O–H groups in total. The van der Waals surface area contributed by atoms with Crippen molar-refractivity contribution in [2.75, 3.05) is 0 Å². The quantitative estimate of drug-likeness (QED) is 0.725. The van der Waals surface area contributed by atoms with Crippen LogP contribution in [-0.2, 0) is 4.79 Å². The van der Waals surface area contributed by atoms with Crippen LogP contribution in [0.15, 0.2) is 30.0 Å². The predicted octanol–water partition coefficient (Wildman–Crippen LogP) is 2.66. The highest BCUT2D eigenvalue weighted by Crippen LogP contribution is 2.22. The van der Waals surface area contributed by atoms with Gasteiger partial charge in [-0.15, -0.1) is 11.3 Å². The number of nitrogens with zero attached hydrogens (tertiary/aromatic N) is 3. The average molecular weight is 322 g/mol. The molecule has 0 aliphatic heterocycles. The minimum Gasteiger partial charge on any atom is -0.347 e.